The molecular formula is C13H19NO4. The van der Waals surface area contributed by atoms with Gasteiger partial charge in [-0.3, -0.25) is 4.90 Å². The van der Waals surface area contributed by atoms with E-state index in [1.807, 2.05) is 0 Å². The van der Waals surface area contributed by atoms with Gasteiger partial charge in [0.2, 0.25) is 0 Å². The van der Waals surface area contributed by atoms with Crippen LogP contribution in [0.3, 0.4) is 0 Å². The van der Waals surface area contributed by atoms with E-state index in [4.69, 9.17) is 4.74 Å². The molecule has 1 fully saturated rings. The maximum Gasteiger partial charge on any atom is 0.126 e. The highest BCUT2D eigenvalue weighted by Gasteiger charge is 2.12. The van der Waals surface area contributed by atoms with Crippen molar-refractivity contribution in [3.63, 3.8) is 0 Å². The number of ether oxygens (including phenoxy) is 1. The van der Waals surface area contributed by atoms with Gasteiger partial charge in [0.05, 0.1) is 13.2 Å². The summed E-state index contributed by atoms with van der Waals surface area (Å²) in [5.74, 6) is -0.217. The van der Waals surface area contributed by atoms with Crippen LogP contribution in [0.15, 0.2) is 12.1 Å². The minimum Gasteiger partial charge on any atom is -0.508 e. The Kier molecular flexibility index (Phi) is 4.28. The Labute approximate surface area is 106 Å². The SMILES string of the molecule is Oc1cc(O)c(CCCN2CCOCC2)c(O)c1. The molecule has 0 bridgehead atoms. The van der Waals surface area contributed by atoms with Crippen LogP contribution < -0.4 is 0 Å². The molecule has 1 aliphatic heterocycles. The molecule has 5 nitrogen and oxygen atoms in total. The summed E-state index contributed by atoms with van der Waals surface area (Å²) in [6.45, 7) is 4.34. The van der Waals surface area contributed by atoms with Crippen molar-refractivity contribution in [1.29, 1.82) is 0 Å². The third-order valence-electron chi connectivity index (χ3n) is 3.19. The monoisotopic (exact) mass is 253 g/mol. The van der Waals surface area contributed by atoms with E-state index in [2.05, 4.69) is 4.90 Å². The summed E-state index contributed by atoms with van der Waals surface area (Å²) in [6, 6.07) is 2.51. The van der Waals surface area contributed by atoms with Crippen molar-refractivity contribution in [3.8, 4) is 17.2 Å². The molecule has 5 heteroatoms. The molecule has 0 aliphatic carbocycles. The van der Waals surface area contributed by atoms with Gasteiger partial charge >= 0.3 is 0 Å². The van der Waals surface area contributed by atoms with E-state index in [0.717, 1.165) is 39.3 Å². The van der Waals surface area contributed by atoms with Crippen molar-refractivity contribution in [2.75, 3.05) is 32.8 Å². The van der Waals surface area contributed by atoms with Crippen molar-refractivity contribution >= 4 is 0 Å². The fourth-order valence-corrected chi connectivity index (χ4v) is 2.19. The van der Waals surface area contributed by atoms with Crippen LogP contribution in [0.25, 0.3) is 0 Å². The van der Waals surface area contributed by atoms with Crippen LogP contribution in [0.2, 0.25) is 0 Å². The van der Waals surface area contributed by atoms with Gasteiger partial charge in [0, 0.05) is 30.8 Å². The zero-order valence-corrected chi connectivity index (χ0v) is 10.3. The first-order valence-corrected chi connectivity index (χ1v) is 6.21. The second-order valence-corrected chi connectivity index (χ2v) is 4.52. The predicted octanol–water partition coefficient (Wildman–Crippen LogP) is 1.07. The summed E-state index contributed by atoms with van der Waals surface area (Å²) in [6.07, 6.45) is 1.45. The average Bonchev–Trinajstić information content (AvgIpc) is 2.34. The summed E-state index contributed by atoms with van der Waals surface area (Å²) in [5, 5.41) is 28.5. The molecule has 0 atom stereocenters. The molecule has 0 spiro atoms. The molecule has 1 heterocycles. The normalized spacial score (nSPS) is 16.9. The smallest absolute Gasteiger partial charge is 0.126 e. The second kappa shape index (κ2) is 5.93. The largest absolute Gasteiger partial charge is 0.508 e. The number of hydrogen-bond acceptors (Lipinski definition) is 5. The van der Waals surface area contributed by atoms with E-state index < -0.39 is 0 Å². The Balaban J connectivity index is 1.86. The van der Waals surface area contributed by atoms with E-state index >= 15 is 0 Å². The Morgan fingerprint density at radius 3 is 2.28 bits per heavy atom. The second-order valence-electron chi connectivity index (χ2n) is 4.52. The van der Waals surface area contributed by atoms with Gasteiger partial charge in [-0.15, -0.1) is 0 Å². The molecule has 0 amide bonds. The van der Waals surface area contributed by atoms with E-state index in [0.29, 0.717) is 12.0 Å². The topological polar surface area (TPSA) is 73.2 Å². The Morgan fingerprint density at radius 1 is 1.06 bits per heavy atom. The first-order chi connectivity index (χ1) is 8.66. The lowest BCUT2D eigenvalue weighted by Gasteiger charge is -2.26. The zero-order valence-electron chi connectivity index (χ0n) is 10.3. The van der Waals surface area contributed by atoms with E-state index in [-0.39, 0.29) is 17.2 Å². The lowest BCUT2D eigenvalue weighted by atomic mass is 10.1. The molecule has 100 valence electrons. The number of aromatic hydroxyl groups is 3. The molecule has 0 unspecified atom stereocenters. The van der Waals surface area contributed by atoms with E-state index in [1.165, 1.54) is 12.1 Å². The van der Waals surface area contributed by atoms with Crippen molar-refractivity contribution < 1.29 is 20.1 Å². The van der Waals surface area contributed by atoms with Crippen molar-refractivity contribution in [1.82, 2.24) is 4.90 Å². The third kappa shape index (κ3) is 3.27. The van der Waals surface area contributed by atoms with Gasteiger partial charge in [-0.1, -0.05) is 0 Å². The molecule has 1 saturated heterocycles. The number of phenolic OH excluding ortho intramolecular Hbond substituents is 3. The number of rotatable bonds is 4. The van der Waals surface area contributed by atoms with Gasteiger partial charge in [0.25, 0.3) is 0 Å². The maximum atomic E-state index is 9.66. The summed E-state index contributed by atoms with van der Waals surface area (Å²) >= 11 is 0. The van der Waals surface area contributed by atoms with Crippen LogP contribution in [-0.4, -0.2) is 53.1 Å². The fourth-order valence-electron chi connectivity index (χ4n) is 2.19. The molecule has 0 radical (unpaired) electrons. The zero-order chi connectivity index (χ0) is 13.0. The molecule has 18 heavy (non-hydrogen) atoms. The summed E-state index contributed by atoms with van der Waals surface area (Å²) in [7, 11) is 0. The van der Waals surface area contributed by atoms with Crippen LogP contribution in [0, 0.1) is 0 Å². The number of nitrogens with zero attached hydrogens (tertiary/aromatic N) is 1. The summed E-state index contributed by atoms with van der Waals surface area (Å²) in [5.41, 5.74) is 0.501. The van der Waals surface area contributed by atoms with Gasteiger partial charge in [-0.2, -0.15) is 0 Å². The minimum absolute atomic E-state index is 0.0468. The van der Waals surface area contributed by atoms with E-state index in [9.17, 15) is 15.3 Å². The molecule has 0 aromatic heterocycles. The first-order valence-electron chi connectivity index (χ1n) is 6.21. The van der Waals surface area contributed by atoms with Crippen LogP contribution >= 0.6 is 0 Å². The molecule has 0 saturated carbocycles. The first kappa shape index (κ1) is 13.0. The number of morpholine rings is 1. The summed E-state index contributed by atoms with van der Waals surface area (Å²) < 4.78 is 5.27. The number of hydrogen-bond donors (Lipinski definition) is 3. The molecule has 2 rings (SSSR count). The molecular weight excluding hydrogens is 234 g/mol. The number of phenols is 3. The highest BCUT2D eigenvalue weighted by Crippen LogP contribution is 2.32. The van der Waals surface area contributed by atoms with Gasteiger partial charge in [-0.05, 0) is 19.4 Å². The number of benzene rings is 1. The minimum atomic E-state index is -0.123. The van der Waals surface area contributed by atoms with Crippen molar-refractivity contribution in [3.05, 3.63) is 17.7 Å². The van der Waals surface area contributed by atoms with Crippen LogP contribution in [0.1, 0.15) is 12.0 Å². The Morgan fingerprint density at radius 2 is 1.67 bits per heavy atom. The quantitative estimate of drug-likeness (QED) is 0.748. The van der Waals surface area contributed by atoms with Gasteiger partial charge < -0.3 is 20.1 Å². The lowest BCUT2D eigenvalue weighted by Crippen LogP contribution is -2.36. The highest BCUT2D eigenvalue weighted by atomic mass is 16.5. The van der Waals surface area contributed by atoms with Crippen LogP contribution in [0.4, 0.5) is 0 Å². The standard InChI is InChI=1S/C13H19NO4/c15-10-8-12(16)11(13(17)9-10)2-1-3-14-4-6-18-7-5-14/h8-9,15-17H,1-7H2. The van der Waals surface area contributed by atoms with Gasteiger partial charge in [0.15, 0.2) is 0 Å². The molecule has 1 aromatic carbocycles. The van der Waals surface area contributed by atoms with Gasteiger partial charge in [-0.25, -0.2) is 0 Å². The van der Waals surface area contributed by atoms with Crippen molar-refractivity contribution in [2.45, 2.75) is 12.8 Å². The van der Waals surface area contributed by atoms with Gasteiger partial charge in [0.1, 0.15) is 17.2 Å². The fraction of sp³-hybridized carbons (Fsp3) is 0.538. The molecule has 1 aliphatic rings. The van der Waals surface area contributed by atoms with Crippen LogP contribution in [0.5, 0.6) is 17.2 Å². The maximum absolute atomic E-state index is 9.66. The predicted molar refractivity (Wildman–Crippen MR) is 67.0 cm³/mol. The van der Waals surface area contributed by atoms with Crippen LogP contribution in [-0.2, 0) is 11.2 Å². The average molecular weight is 253 g/mol. The lowest BCUT2D eigenvalue weighted by molar-refractivity contribution is 0.0374. The molecule has 1 aromatic rings. The highest BCUT2D eigenvalue weighted by molar-refractivity contribution is 5.48. The Hall–Kier alpha value is -1.46. The van der Waals surface area contributed by atoms with E-state index in [1.54, 1.807) is 0 Å². The third-order valence-corrected chi connectivity index (χ3v) is 3.19. The Bertz CT molecular complexity index is 379. The summed E-state index contributed by atoms with van der Waals surface area (Å²) in [4.78, 5) is 2.30. The van der Waals surface area contributed by atoms with Crippen molar-refractivity contribution in [2.24, 2.45) is 0 Å². The molecule has 3 N–H and O–H groups in total.